The fourth-order valence-electron chi connectivity index (χ4n) is 3.02. The van der Waals surface area contributed by atoms with Gasteiger partial charge in [-0.1, -0.05) is 48.4 Å². The molecule has 2 rings (SSSR count). The molecule has 0 saturated heterocycles. The smallest absolute Gasteiger partial charge is 0.243 e. The van der Waals surface area contributed by atoms with Gasteiger partial charge >= 0.3 is 0 Å². The number of likely N-dealkylation sites (N-methyl/N-ethyl adjacent to an activating group) is 1. The van der Waals surface area contributed by atoms with E-state index in [0.717, 1.165) is 21.9 Å². The molecule has 0 aliphatic carbocycles. The van der Waals surface area contributed by atoms with Gasteiger partial charge in [-0.15, -0.1) is 0 Å². The van der Waals surface area contributed by atoms with Crippen LogP contribution in [0.25, 0.3) is 0 Å². The molecule has 0 heterocycles. The molecule has 0 radical (unpaired) electrons. The molecule has 0 aliphatic rings. The number of amides is 2. The number of nitrogens with one attached hydrogen (secondary N) is 1. The van der Waals surface area contributed by atoms with Crippen molar-refractivity contribution < 1.29 is 18.0 Å². The number of hydrogen-bond donors (Lipinski definition) is 1. The zero-order valence-electron chi connectivity index (χ0n) is 18.8. The molecule has 0 saturated carbocycles. The summed E-state index contributed by atoms with van der Waals surface area (Å²) in [6.45, 7) is 5.68. The highest BCUT2D eigenvalue weighted by Gasteiger charge is 2.30. The molecular formula is C23H30ClN3O4S. The number of sulfonamides is 1. The molecule has 0 bridgehead atoms. The maximum atomic E-state index is 13.2. The predicted octanol–water partition coefficient (Wildman–Crippen LogP) is 3.21. The van der Waals surface area contributed by atoms with Gasteiger partial charge in [0.1, 0.15) is 6.04 Å². The lowest BCUT2D eigenvalue weighted by Crippen LogP contribution is -2.50. The monoisotopic (exact) mass is 479 g/mol. The van der Waals surface area contributed by atoms with Gasteiger partial charge in [0.25, 0.3) is 0 Å². The molecule has 0 unspecified atom stereocenters. The third-order valence-electron chi connectivity index (χ3n) is 5.07. The van der Waals surface area contributed by atoms with E-state index in [1.807, 2.05) is 13.8 Å². The van der Waals surface area contributed by atoms with E-state index in [1.165, 1.54) is 24.1 Å². The first-order valence-electron chi connectivity index (χ1n) is 10.4. The summed E-state index contributed by atoms with van der Waals surface area (Å²) in [7, 11) is -2.50. The van der Waals surface area contributed by atoms with E-state index in [-0.39, 0.29) is 17.3 Å². The Labute approximate surface area is 195 Å². The lowest BCUT2D eigenvalue weighted by atomic mass is 10.1. The molecule has 0 fully saturated rings. The topological polar surface area (TPSA) is 86.8 Å². The number of carbonyl (C=O) groups excluding carboxylic acids is 2. The summed E-state index contributed by atoms with van der Waals surface area (Å²) in [6.07, 6.45) is 0.765. The van der Waals surface area contributed by atoms with E-state index in [9.17, 15) is 18.0 Å². The summed E-state index contributed by atoms with van der Waals surface area (Å²) in [4.78, 5) is 27.3. The second kappa shape index (κ2) is 11.4. The van der Waals surface area contributed by atoms with Crippen LogP contribution in [0.5, 0.6) is 0 Å². The van der Waals surface area contributed by atoms with Crippen molar-refractivity contribution in [2.75, 3.05) is 20.1 Å². The molecule has 2 amide bonds. The lowest BCUT2D eigenvalue weighted by molar-refractivity contribution is -0.140. The van der Waals surface area contributed by atoms with E-state index >= 15 is 0 Å². The normalized spacial score (nSPS) is 12.4. The molecule has 7 nitrogen and oxygen atoms in total. The van der Waals surface area contributed by atoms with Gasteiger partial charge in [-0.2, -0.15) is 4.31 Å². The van der Waals surface area contributed by atoms with Crippen LogP contribution < -0.4 is 5.32 Å². The van der Waals surface area contributed by atoms with E-state index in [1.54, 1.807) is 43.3 Å². The van der Waals surface area contributed by atoms with Crippen LogP contribution in [0.2, 0.25) is 5.02 Å². The number of halogens is 1. The lowest BCUT2D eigenvalue weighted by Gasteiger charge is -2.30. The minimum atomic E-state index is -3.86. The number of benzene rings is 2. The Balaban J connectivity index is 2.24. The van der Waals surface area contributed by atoms with Crippen molar-refractivity contribution in [2.45, 2.75) is 44.7 Å². The van der Waals surface area contributed by atoms with Gasteiger partial charge in [-0.25, -0.2) is 8.42 Å². The van der Waals surface area contributed by atoms with Gasteiger partial charge in [-0.05, 0) is 50.1 Å². The highest BCUT2D eigenvalue weighted by molar-refractivity contribution is 7.89. The van der Waals surface area contributed by atoms with E-state index < -0.39 is 28.5 Å². The molecule has 2 aromatic carbocycles. The van der Waals surface area contributed by atoms with Crippen LogP contribution in [0.4, 0.5) is 0 Å². The minimum absolute atomic E-state index is 0.108. The SMILES string of the molecule is CCCNC(=O)[C@@H](C)N(Cc1ccc(Cl)cc1)C(=O)CN(C)S(=O)(=O)c1ccc(C)cc1. The van der Waals surface area contributed by atoms with Crippen LogP contribution in [-0.2, 0) is 26.2 Å². The zero-order chi connectivity index (χ0) is 23.9. The molecule has 32 heavy (non-hydrogen) atoms. The average molecular weight is 480 g/mol. The van der Waals surface area contributed by atoms with Gasteiger partial charge in [0, 0.05) is 25.2 Å². The first-order valence-corrected chi connectivity index (χ1v) is 12.2. The highest BCUT2D eigenvalue weighted by Crippen LogP contribution is 2.17. The van der Waals surface area contributed by atoms with E-state index in [4.69, 9.17) is 11.6 Å². The Morgan fingerprint density at radius 3 is 2.22 bits per heavy atom. The van der Waals surface area contributed by atoms with Crippen molar-refractivity contribution in [2.24, 2.45) is 0 Å². The average Bonchev–Trinajstić information content (AvgIpc) is 2.76. The first kappa shape index (κ1) is 25.8. The van der Waals surface area contributed by atoms with Gasteiger partial charge < -0.3 is 10.2 Å². The number of aryl methyl sites for hydroxylation is 1. The molecule has 9 heteroatoms. The zero-order valence-corrected chi connectivity index (χ0v) is 20.4. The van der Waals surface area contributed by atoms with Gasteiger partial charge in [-0.3, -0.25) is 9.59 Å². The summed E-state index contributed by atoms with van der Waals surface area (Å²) in [6, 6.07) is 12.6. The number of hydrogen-bond acceptors (Lipinski definition) is 4. The highest BCUT2D eigenvalue weighted by atomic mass is 35.5. The van der Waals surface area contributed by atoms with Crippen molar-refractivity contribution in [3.05, 3.63) is 64.7 Å². The first-order chi connectivity index (χ1) is 15.1. The van der Waals surface area contributed by atoms with Crippen molar-refractivity contribution in [3.63, 3.8) is 0 Å². The molecule has 174 valence electrons. The van der Waals surface area contributed by atoms with Crippen LogP contribution >= 0.6 is 11.6 Å². The molecule has 2 aromatic rings. The number of nitrogens with zero attached hydrogens (tertiary/aromatic N) is 2. The third-order valence-corrected chi connectivity index (χ3v) is 7.14. The molecule has 1 atom stereocenters. The molecule has 0 spiro atoms. The Bertz CT molecular complexity index is 1020. The van der Waals surface area contributed by atoms with Crippen LogP contribution in [0, 0.1) is 6.92 Å². The molecule has 0 aliphatic heterocycles. The van der Waals surface area contributed by atoms with Crippen LogP contribution in [0.1, 0.15) is 31.4 Å². The Kier molecular flexibility index (Phi) is 9.24. The van der Waals surface area contributed by atoms with Crippen molar-refractivity contribution in [3.8, 4) is 0 Å². The summed E-state index contributed by atoms with van der Waals surface area (Å²) < 4.78 is 26.8. The molecule has 1 N–H and O–H groups in total. The van der Waals surface area contributed by atoms with Crippen molar-refractivity contribution in [1.82, 2.24) is 14.5 Å². The second-order valence-corrected chi connectivity index (χ2v) is 10.2. The Morgan fingerprint density at radius 1 is 1.06 bits per heavy atom. The van der Waals surface area contributed by atoms with Gasteiger partial charge in [0.2, 0.25) is 21.8 Å². The summed E-state index contributed by atoms with van der Waals surface area (Å²) in [5, 5.41) is 3.35. The summed E-state index contributed by atoms with van der Waals surface area (Å²) >= 11 is 5.95. The maximum absolute atomic E-state index is 13.2. The van der Waals surface area contributed by atoms with Gasteiger partial charge in [0.05, 0.1) is 11.4 Å². The van der Waals surface area contributed by atoms with Crippen LogP contribution in [0.3, 0.4) is 0 Å². The Hall–Kier alpha value is -2.42. The van der Waals surface area contributed by atoms with Crippen molar-refractivity contribution in [1.29, 1.82) is 0 Å². The second-order valence-electron chi connectivity index (χ2n) is 7.69. The van der Waals surface area contributed by atoms with Crippen LogP contribution in [0.15, 0.2) is 53.4 Å². The van der Waals surface area contributed by atoms with Gasteiger partial charge in [0.15, 0.2) is 0 Å². The fourth-order valence-corrected chi connectivity index (χ4v) is 4.27. The Morgan fingerprint density at radius 2 is 1.66 bits per heavy atom. The van der Waals surface area contributed by atoms with Crippen molar-refractivity contribution >= 4 is 33.4 Å². The predicted molar refractivity (Wildman–Crippen MR) is 126 cm³/mol. The quantitative estimate of drug-likeness (QED) is 0.566. The standard InChI is InChI=1S/C23H30ClN3O4S/c1-5-14-25-23(29)18(3)27(15-19-8-10-20(24)11-9-19)22(28)16-26(4)32(30,31)21-12-6-17(2)7-13-21/h6-13,18H,5,14-16H2,1-4H3,(H,25,29)/t18-/m1/s1. The third kappa shape index (κ3) is 6.79. The maximum Gasteiger partial charge on any atom is 0.243 e. The molecule has 0 aromatic heterocycles. The minimum Gasteiger partial charge on any atom is -0.354 e. The summed E-state index contributed by atoms with van der Waals surface area (Å²) in [5.74, 6) is -0.768. The fraction of sp³-hybridized carbons (Fsp3) is 0.391. The molecular weight excluding hydrogens is 450 g/mol. The van der Waals surface area contributed by atoms with E-state index in [0.29, 0.717) is 11.6 Å². The van der Waals surface area contributed by atoms with E-state index in [2.05, 4.69) is 5.32 Å². The number of carbonyl (C=O) groups is 2. The number of rotatable bonds is 10. The summed E-state index contributed by atoms with van der Waals surface area (Å²) in [5.41, 5.74) is 1.71. The largest absolute Gasteiger partial charge is 0.354 e. The van der Waals surface area contributed by atoms with Crippen LogP contribution in [-0.4, -0.2) is 55.6 Å².